The van der Waals surface area contributed by atoms with Crippen molar-refractivity contribution in [3.8, 4) is 17.1 Å². The minimum Gasteiger partial charge on any atom is -0.309 e. The number of para-hydroxylation sites is 5. The fourth-order valence-corrected chi connectivity index (χ4v) is 9.95. The molecule has 4 aromatic heterocycles. The van der Waals surface area contributed by atoms with E-state index in [-0.39, 0.29) is 0 Å². The van der Waals surface area contributed by atoms with Gasteiger partial charge in [0.05, 0.1) is 33.1 Å². The molecule has 0 fully saturated rings. The number of aromatic nitrogens is 3. The summed E-state index contributed by atoms with van der Waals surface area (Å²) in [5, 5.41) is 10.2. The van der Waals surface area contributed by atoms with Crippen molar-refractivity contribution in [3.63, 3.8) is 0 Å². The molecule has 0 aliphatic rings. The fourth-order valence-electron chi connectivity index (χ4n) is 8.85. The highest BCUT2D eigenvalue weighted by Gasteiger charge is 2.22. The normalized spacial score (nSPS) is 12.2. The standard InChI is InChI=1S/C48H29N3S/c1-3-13-30(14-4-1)49-42-22-12-9-19-36(42)47-43(49)25-24-35-33-17-7-11-21-41(33)51(48(35)47)32-23-26-45-38(27-32)39-28-37-34-18-8-10-20-40(34)50(31-15-5-2-6-16-31)44(37)29-46(39)52-45/h1-29H. The monoisotopic (exact) mass is 679 g/mol. The average Bonchev–Trinajstić information content (AvgIpc) is 3.93. The molecule has 0 aliphatic heterocycles. The minimum atomic E-state index is 1.17. The zero-order chi connectivity index (χ0) is 33.9. The zero-order valence-electron chi connectivity index (χ0n) is 28.0. The molecule has 0 saturated heterocycles. The van der Waals surface area contributed by atoms with Gasteiger partial charge < -0.3 is 13.7 Å². The molecule has 4 heterocycles. The molecule has 0 atom stereocenters. The van der Waals surface area contributed by atoms with Crippen LogP contribution in [0.3, 0.4) is 0 Å². The second-order valence-electron chi connectivity index (χ2n) is 13.7. The van der Waals surface area contributed by atoms with E-state index in [1.165, 1.54) is 103 Å². The van der Waals surface area contributed by atoms with Crippen LogP contribution in [0.5, 0.6) is 0 Å². The van der Waals surface area contributed by atoms with Crippen LogP contribution in [0.25, 0.3) is 103 Å². The first-order valence-electron chi connectivity index (χ1n) is 17.8. The van der Waals surface area contributed by atoms with Crippen LogP contribution in [0, 0.1) is 0 Å². The van der Waals surface area contributed by atoms with Gasteiger partial charge in [-0.05, 0) is 78.9 Å². The summed E-state index contributed by atoms with van der Waals surface area (Å²) in [7, 11) is 0. The van der Waals surface area contributed by atoms with Gasteiger partial charge >= 0.3 is 0 Å². The smallest absolute Gasteiger partial charge is 0.0641 e. The maximum absolute atomic E-state index is 2.51. The Hall–Kier alpha value is -6.62. The highest BCUT2D eigenvalue weighted by molar-refractivity contribution is 7.25. The second-order valence-corrected chi connectivity index (χ2v) is 14.8. The van der Waals surface area contributed by atoms with Gasteiger partial charge in [-0.25, -0.2) is 0 Å². The second kappa shape index (κ2) is 10.5. The fraction of sp³-hybridized carbons (Fsp3) is 0. The highest BCUT2D eigenvalue weighted by Crippen LogP contribution is 2.44. The third-order valence-corrected chi connectivity index (χ3v) is 12.1. The highest BCUT2D eigenvalue weighted by atomic mass is 32.1. The molecule has 0 N–H and O–H groups in total. The van der Waals surface area contributed by atoms with Crippen molar-refractivity contribution < 1.29 is 0 Å². The van der Waals surface area contributed by atoms with E-state index in [0.717, 1.165) is 0 Å². The lowest BCUT2D eigenvalue weighted by molar-refractivity contribution is 1.18. The van der Waals surface area contributed by atoms with Gasteiger partial charge in [-0.3, -0.25) is 0 Å². The van der Waals surface area contributed by atoms with E-state index in [1.807, 2.05) is 11.3 Å². The molecule has 242 valence electrons. The molecule has 0 unspecified atom stereocenters. The number of nitrogens with zero attached hydrogens (tertiary/aromatic N) is 3. The number of hydrogen-bond donors (Lipinski definition) is 0. The van der Waals surface area contributed by atoms with E-state index in [2.05, 4.69) is 190 Å². The topological polar surface area (TPSA) is 14.8 Å². The largest absolute Gasteiger partial charge is 0.309 e. The first-order valence-corrected chi connectivity index (χ1v) is 18.6. The molecule has 4 heteroatoms. The molecular weight excluding hydrogens is 651 g/mol. The van der Waals surface area contributed by atoms with Gasteiger partial charge in [-0.2, -0.15) is 0 Å². The predicted molar refractivity (Wildman–Crippen MR) is 222 cm³/mol. The van der Waals surface area contributed by atoms with E-state index in [0.29, 0.717) is 0 Å². The number of fused-ring (bicyclic) bond motifs is 13. The van der Waals surface area contributed by atoms with E-state index in [4.69, 9.17) is 0 Å². The number of rotatable bonds is 3. The van der Waals surface area contributed by atoms with Crippen LogP contribution in [0.15, 0.2) is 176 Å². The van der Waals surface area contributed by atoms with Gasteiger partial charge in [0.2, 0.25) is 0 Å². The Morgan fingerprint density at radius 2 is 0.846 bits per heavy atom. The van der Waals surface area contributed by atoms with Crippen molar-refractivity contribution in [1.82, 2.24) is 13.7 Å². The van der Waals surface area contributed by atoms with E-state index in [1.54, 1.807) is 0 Å². The molecule has 12 rings (SSSR count). The summed E-state index contributed by atoms with van der Waals surface area (Å²) in [6.45, 7) is 0. The van der Waals surface area contributed by atoms with Crippen molar-refractivity contribution >= 4 is 96.9 Å². The Bertz CT molecular complexity index is 3390. The van der Waals surface area contributed by atoms with Gasteiger partial charge in [-0.15, -0.1) is 11.3 Å². The summed E-state index contributed by atoms with van der Waals surface area (Å²) in [5.41, 5.74) is 10.9. The Labute approximate surface area is 302 Å². The van der Waals surface area contributed by atoms with Crippen molar-refractivity contribution in [1.29, 1.82) is 0 Å². The van der Waals surface area contributed by atoms with Crippen molar-refractivity contribution in [2.45, 2.75) is 0 Å². The first kappa shape index (κ1) is 28.1. The molecule has 0 bridgehead atoms. The summed E-state index contributed by atoms with van der Waals surface area (Å²) < 4.78 is 9.94. The minimum absolute atomic E-state index is 1.17. The van der Waals surface area contributed by atoms with Gasteiger partial charge in [0.1, 0.15) is 0 Å². The Morgan fingerprint density at radius 1 is 0.288 bits per heavy atom. The Balaban J connectivity index is 1.18. The summed E-state index contributed by atoms with van der Waals surface area (Å²) in [6, 6.07) is 64.6. The van der Waals surface area contributed by atoms with Gasteiger partial charge in [0.15, 0.2) is 0 Å². The lowest BCUT2D eigenvalue weighted by Gasteiger charge is -2.10. The summed E-state index contributed by atoms with van der Waals surface area (Å²) in [4.78, 5) is 0. The molecule has 0 amide bonds. The van der Waals surface area contributed by atoms with Crippen LogP contribution < -0.4 is 0 Å². The van der Waals surface area contributed by atoms with Crippen LogP contribution in [0.4, 0.5) is 0 Å². The number of benzene rings is 8. The van der Waals surface area contributed by atoms with Crippen LogP contribution in [0.2, 0.25) is 0 Å². The molecule has 0 radical (unpaired) electrons. The molecule has 8 aromatic carbocycles. The predicted octanol–water partition coefficient (Wildman–Crippen LogP) is 13.3. The lowest BCUT2D eigenvalue weighted by atomic mass is 10.1. The van der Waals surface area contributed by atoms with Gasteiger partial charge in [-0.1, -0.05) is 97.1 Å². The quantitative estimate of drug-likeness (QED) is 0.177. The zero-order valence-corrected chi connectivity index (χ0v) is 28.8. The van der Waals surface area contributed by atoms with Crippen molar-refractivity contribution in [2.75, 3.05) is 0 Å². The first-order chi connectivity index (χ1) is 25.8. The molecular formula is C48H29N3S. The lowest BCUT2D eigenvalue weighted by Crippen LogP contribution is -1.95. The third-order valence-electron chi connectivity index (χ3n) is 11.0. The SMILES string of the molecule is c1ccc(-n2c3ccccc3c3cc4c(cc32)sc2ccc(-n3c5ccccc5c5ccc6c(c7ccccc7n6-c6ccccc6)c53)cc24)cc1. The van der Waals surface area contributed by atoms with E-state index >= 15 is 0 Å². The van der Waals surface area contributed by atoms with Crippen LogP contribution in [0.1, 0.15) is 0 Å². The molecule has 52 heavy (non-hydrogen) atoms. The summed E-state index contributed by atoms with van der Waals surface area (Å²) in [5.74, 6) is 0. The molecule has 12 aromatic rings. The summed E-state index contributed by atoms with van der Waals surface area (Å²) >= 11 is 1.88. The van der Waals surface area contributed by atoms with E-state index in [9.17, 15) is 0 Å². The van der Waals surface area contributed by atoms with Gasteiger partial charge in [0, 0.05) is 69.6 Å². The molecule has 3 nitrogen and oxygen atoms in total. The maximum Gasteiger partial charge on any atom is 0.0641 e. The number of hydrogen-bond acceptors (Lipinski definition) is 1. The van der Waals surface area contributed by atoms with Crippen molar-refractivity contribution in [2.24, 2.45) is 0 Å². The van der Waals surface area contributed by atoms with Crippen molar-refractivity contribution in [3.05, 3.63) is 176 Å². The van der Waals surface area contributed by atoms with E-state index < -0.39 is 0 Å². The van der Waals surface area contributed by atoms with Gasteiger partial charge in [0.25, 0.3) is 0 Å². The molecule has 0 saturated carbocycles. The molecule has 0 spiro atoms. The average molecular weight is 680 g/mol. The maximum atomic E-state index is 2.51. The Morgan fingerprint density at radius 3 is 1.56 bits per heavy atom. The molecule has 0 aliphatic carbocycles. The summed E-state index contributed by atoms with van der Waals surface area (Å²) in [6.07, 6.45) is 0. The van der Waals surface area contributed by atoms with Crippen LogP contribution >= 0.6 is 11.3 Å². The van der Waals surface area contributed by atoms with Crippen LogP contribution in [-0.4, -0.2) is 13.7 Å². The third kappa shape index (κ3) is 3.74. The number of thiophene rings is 1. The Kier molecular flexibility index (Phi) is 5.65. The van der Waals surface area contributed by atoms with Crippen LogP contribution in [-0.2, 0) is 0 Å².